The van der Waals surface area contributed by atoms with Crippen molar-refractivity contribution in [2.45, 2.75) is 25.6 Å². The molecule has 1 aromatic rings. The smallest absolute Gasteiger partial charge is 0.335 e. The van der Waals surface area contributed by atoms with Gasteiger partial charge < -0.3 is 25.2 Å². The zero-order valence-corrected chi connectivity index (χ0v) is 10.4. The van der Waals surface area contributed by atoms with E-state index in [-0.39, 0.29) is 23.7 Å². The standard InChI is InChI=1S/C13H16O6/c1-6-5-19-13(18)12(17)9(6)8-3-2-7(4-14)10(15)11(8)16/h2-3,6,9,12,14-17H,4-5H2,1H3/t6-,9-,12+/m1/s1. The first-order chi connectivity index (χ1) is 8.97. The van der Waals surface area contributed by atoms with Gasteiger partial charge in [-0.1, -0.05) is 19.1 Å². The Morgan fingerprint density at radius 3 is 2.63 bits per heavy atom. The summed E-state index contributed by atoms with van der Waals surface area (Å²) in [5.74, 6) is -2.44. The number of carbonyl (C=O) groups excluding carboxylic acids is 1. The number of ether oxygens (including phenoxy) is 1. The van der Waals surface area contributed by atoms with Crippen molar-refractivity contribution in [3.63, 3.8) is 0 Å². The van der Waals surface area contributed by atoms with Crippen molar-refractivity contribution in [2.24, 2.45) is 5.92 Å². The summed E-state index contributed by atoms with van der Waals surface area (Å²) in [6.45, 7) is 1.50. The monoisotopic (exact) mass is 268 g/mol. The lowest BCUT2D eigenvalue weighted by Gasteiger charge is -2.33. The second-order valence-corrected chi connectivity index (χ2v) is 4.75. The van der Waals surface area contributed by atoms with Crippen molar-refractivity contribution in [3.05, 3.63) is 23.3 Å². The highest BCUT2D eigenvalue weighted by molar-refractivity contribution is 5.77. The number of phenols is 2. The molecule has 1 aliphatic heterocycles. The van der Waals surface area contributed by atoms with Crippen LogP contribution in [0.25, 0.3) is 0 Å². The van der Waals surface area contributed by atoms with Crippen LogP contribution < -0.4 is 0 Å². The third-order valence-corrected chi connectivity index (χ3v) is 3.48. The van der Waals surface area contributed by atoms with Crippen LogP contribution in [0.4, 0.5) is 0 Å². The predicted octanol–water partition coefficient (Wildman–Crippen LogP) is 0.227. The molecule has 6 nitrogen and oxygen atoms in total. The summed E-state index contributed by atoms with van der Waals surface area (Å²) in [6.07, 6.45) is -1.38. The van der Waals surface area contributed by atoms with Crippen LogP contribution >= 0.6 is 0 Å². The Morgan fingerprint density at radius 1 is 1.32 bits per heavy atom. The van der Waals surface area contributed by atoms with Gasteiger partial charge in [-0.05, 0) is 0 Å². The minimum atomic E-state index is -1.38. The molecule has 3 atom stereocenters. The van der Waals surface area contributed by atoms with Gasteiger partial charge in [-0.25, -0.2) is 4.79 Å². The summed E-state index contributed by atoms with van der Waals surface area (Å²) < 4.78 is 4.80. The second kappa shape index (κ2) is 5.07. The predicted molar refractivity (Wildman–Crippen MR) is 64.6 cm³/mol. The maximum Gasteiger partial charge on any atom is 0.335 e. The van der Waals surface area contributed by atoms with Crippen molar-refractivity contribution < 1.29 is 30.0 Å². The molecule has 2 rings (SSSR count). The van der Waals surface area contributed by atoms with E-state index < -0.39 is 36.1 Å². The number of benzene rings is 1. The van der Waals surface area contributed by atoms with Gasteiger partial charge in [0, 0.05) is 23.0 Å². The van der Waals surface area contributed by atoms with Crippen molar-refractivity contribution in [1.82, 2.24) is 0 Å². The number of hydrogen-bond acceptors (Lipinski definition) is 6. The highest BCUT2D eigenvalue weighted by atomic mass is 16.5. The normalized spacial score (nSPS) is 27.1. The molecule has 0 amide bonds. The molecule has 0 saturated carbocycles. The molecule has 0 aliphatic carbocycles. The van der Waals surface area contributed by atoms with E-state index >= 15 is 0 Å². The van der Waals surface area contributed by atoms with E-state index in [1.807, 2.05) is 0 Å². The number of cyclic esters (lactones) is 1. The molecule has 0 unspecified atom stereocenters. The Balaban J connectivity index is 2.45. The zero-order valence-electron chi connectivity index (χ0n) is 10.4. The molecule has 1 saturated heterocycles. The van der Waals surface area contributed by atoms with Gasteiger partial charge in [0.2, 0.25) is 0 Å². The minimum absolute atomic E-state index is 0.141. The number of aromatic hydroxyl groups is 2. The van der Waals surface area contributed by atoms with Crippen LogP contribution in [0.15, 0.2) is 12.1 Å². The number of phenolic OH excluding ortho intramolecular Hbond substituents is 1. The van der Waals surface area contributed by atoms with Crippen molar-refractivity contribution in [3.8, 4) is 11.5 Å². The number of aliphatic hydroxyl groups is 2. The fourth-order valence-corrected chi connectivity index (χ4v) is 2.37. The molecule has 0 aromatic heterocycles. The number of hydrogen-bond donors (Lipinski definition) is 4. The Labute approximate surface area is 109 Å². The van der Waals surface area contributed by atoms with Crippen molar-refractivity contribution >= 4 is 5.97 Å². The van der Waals surface area contributed by atoms with Crippen LogP contribution in [-0.2, 0) is 16.1 Å². The Hall–Kier alpha value is -1.79. The van der Waals surface area contributed by atoms with Gasteiger partial charge in [0.15, 0.2) is 17.6 Å². The largest absolute Gasteiger partial charge is 0.504 e. The molecule has 4 N–H and O–H groups in total. The maximum atomic E-state index is 11.4. The van der Waals surface area contributed by atoms with E-state index in [9.17, 15) is 20.1 Å². The molecular weight excluding hydrogens is 252 g/mol. The fourth-order valence-electron chi connectivity index (χ4n) is 2.37. The molecule has 0 bridgehead atoms. The number of rotatable bonds is 2. The first kappa shape index (κ1) is 13.6. The lowest BCUT2D eigenvalue weighted by atomic mass is 9.80. The summed E-state index contributed by atoms with van der Waals surface area (Å²) >= 11 is 0. The summed E-state index contributed by atoms with van der Waals surface area (Å²) in [7, 11) is 0. The SMILES string of the molecule is C[C@@H]1COC(=O)[C@@H](O)[C@H]1c1ccc(CO)c(O)c1O. The molecule has 19 heavy (non-hydrogen) atoms. The van der Waals surface area contributed by atoms with Crippen LogP contribution in [0.5, 0.6) is 11.5 Å². The van der Waals surface area contributed by atoms with E-state index in [1.165, 1.54) is 12.1 Å². The number of aliphatic hydroxyl groups excluding tert-OH is 2. The summed E-state index contributed by atoms with van der Waals surface area (Å²) in [6, 6.07) is 2.94. The first-order valence-electron chi connectivity index (χ1n) is 5.96. The van der Waals surface area contributed by atoms with Gasteiger partial charge in [0.05, 0.1) is 13.2 Å². The number of esters is 1. The average molecular weight is 268 g/mol. The summed E-state index contributed by atoms with van der Waals surface area (Å²) in [5.41, 5.74) is 0.452. The van der Waals surface area contributed by atoms with E-state index in [0.717, 1.165) is 0 Å². The van der Waals surface area contributed by atoms with Crippen LogP contribution in [-0.4, -0.2) is 39.1 Å². The highest BCUT2D eigenvalue weighted by Crippen LogP contribution is 2.42. The fraction of sp³-hybridized carbons (Fsp3) is 0.462. The average Bonchev–Trinajstić information content (AvgIpc) is 2.39. The minimum Gasteiger partial charge on any atom is -0.504 e. The molecule has 0 radical (unpaired) electrons. The third-order valence-electron chi connectivity index (χ3n) is 3.48. The van der Waals surface area contributed by atoms with E-state index in [4.69, 9.17) is 9.84 Å². The lowest BCUT2D eigenvalue weighted by molar-refractivity contribution is -0.164. The molecule has 0 spiro atoms. The van der Waals surface area contributed by atoms with Crippen LogP contribution in [0.3, 0.4) is 0 Å². The van der Waals surface area contributed by atoms with Crippen LogP contribution in [0.2, 0.25) is 0 Å². The number of carbonyl (C=O) groups is 1. The van der Waals surface area contributed by atoms with Gasteiger partial charge in [-0.3, -0.25) is 0 Å². The Bertz CT molecular complexity index is 498. The molecule has 1 fully saturated rings. The van der Waals surface area contributed by atoms with Crippen molar-refractivity contribution in [1.29, 1.82) is 0 Å². The second-order valence-electron chi connectivity index (χ2n) is 4.75. The first-order valence-corrected chi connectivity index (χ1v) is 5.96. The van der Waals surface area contributed by atoms with Crippen LogP contribution in [0.1, 0.15) is 24.0 Å². The lowest BCUT2D eigenvalue weighted by Crippen LogP contribution is -2.40. The van der Waals surface area contributed by atoms with Gasteiger partial charge in [-0.2, -0.15) is 0 Å². The topological polar surface area (TPSA) is 107 Å². The summed E-state index contributed by atoms with van der Waals surface area (Å²) in [4.78, 5) is 11.4. The van der Waals surface area contributed by atoms with Gasteiger partial charge in [0.1, 0.15) is 0 Å². The van der Waals surface area contributed by atoms with E-state index in [2.05, 4.69) is 0 Å². The molecule has 1 aliphatic rings. The highest BCUT2D eigenvalue weighted by Gasteiger charge is 2.39. The zero-order chi connectivity index (χ0) is 14.2. The van der Waals surface area contributed by atoms with E-state index in [0.29, 0.717) is 0 Å². The van der Waals surface area contributed by atoms with Gasteiger partial charge in [0.25, 0.3) is 0 Å². The quantitative estimate of drug-likeness (QED) is 0.452. The van der Waals surface area contributed by atoms with Gasteiger partial charge >= 0.3 is 5.97 Å². The Kier molecular flexibility index (Phi) is 3.64. The summed E-state index contributed by atoms with van der Waals surface area (Å²) in [5, 5.41) is 38.6. The molecule has 1 heterocycles. The third kappa shape index (κ3) is 2.24. The van der Waals surface area contributed by atoms with Gasteiger partial charge in [-0.15, -0.1) is 0 Å². The maximum absolute atomic E-state index is 11.4. The molecule has 6 heteroatoms. The van der Waals surface area contributed by atoms with Crippen LogP contribution in [0, 0.1) is 5.92 Å². The Morgan fingerprint density at radius 2 is 2.00 bits per heavy atom. The molecular formula is C13H16O6. The van der Waals surface area contributed by atoms with E-state index in [1.54, 1.807) is 6.92 Å². The molecule has 1 aromatic carbocycles. The molecule has 104 valence electrons. The van der Waals surface area contributed by atoms with Crippen molar-refractivity contribution in [2.75, 3.05) is 6.61 Å².